The third kappa shape index (κ3) is 13.5. The molecule has 24 heteroatoms. The van der Waals surface area contributed by atoms with Crippen molar-refractivity contribution in [1.29, 1.82) is 0 Å². The van der Waals surface area contributed by atoms with E-state index in [1.165, 1.54) is 32.4 Å². The summed E-state index contributed by atoms with van der Waals surface area (Å²) in [4.78, 5) is 112. The fourth-order valence-electron chi connectivity index (χ4n) is 18.3. The largest absolute Gasteiger partial charge is 0.508 e. The number of nitrogens with zero attached hydrogens (tertiary/aromatic N) is 8. The third-order valence-electron chi connectivity index (χ3n) is 23.6. The molecule has 8 aliphatic heterocycles. The quantitative estimate of drug-likeness (QED) is 0.0898. The highest BCUT2D eigenvalue weighted by molar-refractivity contribution is 5.94. The van der Waals surface area contributed by atoms with Crippen molar-refractivity contribution in [1.82, 2.24) is 38.5 Å². The zero-order valence-corrected chi connectivity index (χ0v) is 67.5. The molecule has 8 aliphatic rings. The number of carbonyl (C=O) groups excluding carboxylic acids is 4. The summed E-state index contributed by atoms with van der Waals surface area (Å²) in [5, 5.41) is 23.9. The number of phenolic OH excluding ortho intramolecular Hbond substituents is 1. The van der Waals surface area contributed by atoms with Crippen molar-refractivity contribution in [2.75, 3.05) is 26.2 Å². The number of rotatable bonds is 11. The maximum atomic E-state index is 14.0. The molecule has 0 aliphatic carbocycles. The minimum atomic E-state index is -1.82. The summed E-state index contributed by atoms with van der Waals surface area (Å²) in [6, 6.07) is 22.7. The highest BCUT2D eigenvalue weighted by Crippen LogP contribution is 2.48. The lowest BCUT2D eigenvalue weighted by molar-refractivity contribution is -0.200. The van der Waals surface area contributed by atoms with Crippen molar-refractivity contribution in [3.63, 3.8) is 0 Å². The maximum Gasteiger partial charge on any atom is 0.415 e. The Bertz CT molecular complexity index is 5650. The van der Waals surface area contributed by atoms with Gasteiger partial charge in [0, 0.05) is 68.7 Å². The Morgan fingerprint density at radius 1 is 0.478 bits per heavy atom. The van der Waals surface area contributed by atoms with Gasteiger partial charge in [-0.3, -0.25) is 14.4 Å². The van der Waals surface area contributed by atoms with E-state index in [1.807, 2.05) is 124 Å². The minimum absolute atomic E-state index is 0.0667. The van der Waals surface area contributed by atoms with E-state index in [0.717, 1.165) is 115 Å². The number of aliphatic hydroxyl groups is 1. The van der Waals surface area contributed by atoms with Crippen molar-refractivity contribution in [3.05, 3.63) is 171 Å². The molecule has 1 amide bonds. The van der Waals surface area contributed by atoms with E-state index in [1.54, 1.807) is 51.0 Å². The van der Waals surface area contributed by atoms with Crippen LogP contribution in [0.1, 0.15) is 222 Å². The van der Waals surface area contributed by atoms with E-state index >= 15 is 0 Å². The number of aromatic nitrogens is 6. The number of hydrogen-bond donors (Lipinski definition) is 2. The molecule has 24 nitrogen and oxygen atoms in total. The molecule has 0 saturated carbocycles. The van der Waals surface area contributed by atoms with E-state index in [0.29, 0.717) is 114 Å². The highest BCUT2D eigenvalue weighted by atomic mass is 16.6. The summed E-state index contributed by atoms with van der Waals surface area (Å²) in [6.45, 7) is 33.7. The van der Waals surface area contributed by atoms with Crippen molar-refractivity contribution in [2.45, 2.75) is 254 Å². The summed E-state index contributed by atoms with van der Waals surface area (Å²) < 4.78 is 46.0. The standard InChI is InChI=1S/C37H46N4O6.2C26H28N2O5/c1-6-25-26-19-24(46-35(44)40-17-13-23(14-18-40)39-15-9-8-10-16-39)11-12-30(26)38-32-27(25)21-41-31(32)20-29-28(33(41)42)22-45-34(43)37(29,7-2)47-36(3,4)5;1-6-15-16-10-14(33-25(3,4)5)8-9-20(16)27-22-17(15)12-28-21(22)11-19-18(23(28)29)13-32-24(30)26(19,31)7-2;1-6-15-16-10-14(29)8-9-20(16)27-22-17(15)12-28-21(22)11-19-18(23(28)30)13-32-24(31)26(19,7-2)33-25(3,4)5/h11-12,19-20,23H,6-10,13-18,21-22H2,1-5H3;8-11,31H,6-7,12-13H2,1-5H3;8-11,29H,6-7,12-13H2,1-5H3/t37-;2*26-/m000/s1. The topological polar surface area (TPSA) is 284 Å². The van der Waals surface area contributed by atoms with Gasteiger partial charge in [0.1, 0.15) is 42.7 Å². The van der Waals surface area contributed by atoms with Gasteiger partial charge >= 0.3 is 24.0 Å². The van der Waals surface area contributed by atoms with Crippen LogP contribution < -0.4 is 26.2 Å². The second-order valence-electron chi connectivity index (χ2n) is 33.9. The predicted octanol–water partition coefficient (Wildman–Crippen LogP) is 13.9. The number of esters is 3. The van der Waals surface area contributed by atoms with Crippen molar-refractivity contribution >= 4 is 56.7 Å². The van der Waals surface area contributed by atoms with Crippen molar-refractivity contribution in [3.8, 4) is 51.4 Å². The first-order valence-corrected chi connectivity index (χ1v) is 40.1. The summed E-state index contributed by atoms with van der Waals surface area (Å²) >= 11 is 0. The van der Waals surface area contributed by atoms with Crippen LogP contribution in [-0.2, 0) is 114 Å². The maximum absolute atomic E-state index is 14.0. The van der Waals surface area contributed by atoms with Crippen LogP contribution in [-0.4, -0.2) is 122 Å². The number of hydrogen-bond acceptors (Lipinski definition) is 20. The van der Waals surface area contributed by atoms with Gasteiger partial charge in [-0.25, -0.2) is 34.1 Å². The molecule has 17 rings (SSSR count). The smallest absolute Gasteiger partial charge is 0.415 e. The predicted molar refractivity (Wildman–Crippen MR) is 427 cm³/mol. The van der Waals surface area contributed by atoms with E-state index in [4.69, 9.17) is 48.1 Å². The second-order valence-corrected chi connectivity index (χ2v) is 33.9. The van der Waals surface area contributed by atoms with Gasteiger partial charge < -0.3 is 66.9 Å². The van der Waals surface area contributed by atoms with E-state index in [2.05, 4.69) is 25.7 Å². The number of likely N-dealkylation sites (tertiary alicyclic amines) is 2. The fourth-order valence-corrected chi connectivity index (χ4v) is 18.3. The number of pyridine rings is 6. The molecule has 2 saturated heterocycles. The first kappa shape index (κ1) is 78.1. The van der Waals surface area contributed by atoms with Gasteiger partial charge in [0.25, 0.3) is 16.7 Å². The Morgan fingerprint density at radius 2 is 0.876 bits per heavy atom. The average Bonchev–Trinajstić information content (AvgIpc) is 1.47. The Labute approximate surface area is 656 Å². The SMILES string of the molecule is CCc1c2c(nc3ccc(O)cc13)-c1cc3c(c(=O)n1C2)COC(=O)[C@@]3(CC)OC(C)(C)C.CCc1c2c(nc3ccc(OC(=O)N4CCC(N5CCCCC5)CC4)cc13)-c1cc3c(c(=O)n1C2)COC(=O)[C@@]3(CC)OC(C)(C)C.CCc1c2c(nc3ccc(OC(C)(C)C)cc13)-c1cc3c(c(=O)n1C2)COC(=O)[C@]3(O)CC. The Balaban J connectivity index is 0.000000137. The molecule has 113 heavy (non-hydrogen) atoms. The average molecular weight is 1540 g/mol. The van der Waals surface area contributed by atoms with Crippen LogP contribution in [0.15, 0.2) is 87.2 Å². The van der Waals surface area contributed by atoms with Crippen LogP contribution in [0.3, 0.4) is 0 Å². The van der Waals surface area contributed by atoms with Crippen LogP contribution in [0.5, 0.6) is 17.2 Å². The lowest BCUT2D eigenvalue weighted by atomic mass is 9.84. The lowest BCUT2D eigenvalue weighted by Crippen LogP contribution is -2.49. The molecule has 9 aromatic rings. The molecule has 0 unspecified atom stereocenters. The number of phenols is 1. The summed E-state index contributed by atoms with van der Waals surface area (Å²) in [5.41, 5.74) is 8.64. The first-order valence-electron chi connectivity index (χ1n) is 40.1. The van der Waals surface area contributed by atoms with Gasteiger partial charge in [0.05, 0.1) is 98.2 Å². The van der Waals surface area contributed by atoms with Gasteiger partial charge in [-0.15, -0.1) is 0 Å². The van der Waals surface area contributed by atoms with Gasteiger partial charge in [0.2, 0.25) is 0 Å². The number of aryl methyl sites for hydroxylation is 3. The molecule has 0 bridgehead atoms. The van der Waals surface area contributed by atoms with Gasteiger partial charge in [-0.2, -0.15) is 0 Å². The number of aromatic hydroxyl groups is 1. The number of cyclic esters (lactones) is 3. The number of ether oxygens (including phenoxy) is 7. The third-order valence-corrected chi connectivity index (χ3v) is 23.6. The van der Waals surface area contributed by atoms with Crippen LogP contribution in [0.25, 0.3) is 66.9 Å². The van der Waals surface area contributed by atoms with Gasteiger partial charge in [0.15, 0.2) is 16.8 Å². The van der Waals surface area contributed by atoms with Crippen LogP contribution >= 0.6 is 0 Å². The number of carbonyl (C=O) groups is 4. The van der Waals surface area contributed by atoms with Crippen molar-refractivity contribution < 1.29 is 62.5 Å². The van der Waals surface area contributed by atoms with Crippen LogP contribution in [0.4, 0.5) is 4.79 Å². The normalized spacial score (nSPS) is 20.2. The molecular formula is C89H102N8O16. The lowest BCUT2D eigenvalue weighted by Gasteiger charge is -2.40. The first-order chi connectivity index (χ1) is 53.7. The van der Waals surface area contributed by atoms with E-state index in [-0.39, 0.29) is 60.4 Å². The summed E-state index contributed by atoms with van der Waals surface area (Å²) in [5.74, 6) is -0.205. The second kappa shape index (κ2) is 29.1. The van der Waals surface area contributed by atoms with Gasteiger partial charge in [-0.1, -0.05) is 48.0 Å². The number of fused-ring (bicyclic) bond motifs is 15. The van der Waals surface area contributed by atoms with Crippen LogP contribution in [0, 0.1) is 0 Å². The molecule has 2 fully saturated rings. The highest BCUT2D eigenvalue weighted by Gasteiger charge is 2.53. The molecule has 0 radical (unpaired) electrons. The molecule has 3 aromatic carbocycles. The fraction of sp³-hybridized carbons (Fsp3) is 0.483. The molecule has 6 aromatic heterocycles. The molecule has 594 valence electrons. The molecule has 0 spiro atoms. The number of piperidine rings is 2. The van der Waals surface area contributed by atoms with Gasteiger partial charge in [-0.05, 0) is 229 Å². The summed E-state index contributed by atoms with van der Waals surface area (Å²) in [6.07, 6.45) is 8.52. The summed E-state index contributed by atoms with van der Waals surface area (Å²) in [7, 11) is 0. The molecular weight excluding hydrogens is 1440 g/mol. The zero-order chi connectivity index (χ0) is 80.5. The van der Waals surface area contributed by atoms with E-state index in [9.17, 15) is 43.8 Å². The zero-order valence-electron chi connectivity index (χ0n) is 67.5. The molecule has 2 N–H and O–H groups in total. The van der Waals surface area contributed by atoms with Crippen molar-refractivity contribution in [2.24, 2.45) is 0 Å². The molecule has 14 heterocycles. The minimum Gasteiger partial charge on any atom is -0.508 e. The Hall–Kier alpha value is -10.1. The molecule has 3 atom stereocenters. The Kier molecular flexibility index (Phi) is 20.1. The Morgan fingerprint density at radius 3 is 1.29 bits per heavy atom. The number of amides is 1. The van der Waals surface area contributed by atoms with Crippen LogP contribution in [0.2, 0.25) is 0 Å². The number of benzene rings is 3. The monoisotopic (exact) mass is 1540 g/mol. The van der Waals surface area contributed by atoms with E-state index < -0.39 is 45.9 Å².